The Hall–Kier alpha value is -3.35. The lowest BCUT2D eigenvalue weighted by Gasteiger charge is -2.01. The van der Waals surface area contributed by atoms with Crippen molar-refractivity contribution in [1.82, 2.24) is 29.9 Å². The van der Waals surface area contributed by atoms with Crippen molar-refractivity contribution in [2.75, 3.05) is 0 Å². The zero-order chi connectivity index (χ0) is 16.5. The zero-order valence-electron chi connectivity index (χ0n) is 13.0. The van der Waals surface area contributed by atoms with Gasteiger partial charge < -0.3 is 4.98 Å². The van der Waals surface area contributed by atoms with Crippen LogP contribution < -0.4 is 5.43 Å². The Morgan fingerprint density at radius 2 is 2.04 bits per heavy atom. The number of pyridine rings is 1. The Kier molecular flexibility index (Phi) is 3.38. The Bertz CT molecular complexity index is 1060. The summed E-state index contributed by atoms with van der Waals surface area (Å²) in [5.74, 6) is 0. The van der Waals surface area contributed by atoms with Crippen molar-refractivity contribution in [3.8, 4) is 11.4 Å². The average Bonchev–Trinajstić information content (AvgIpc) is 3.05. The predicted molar refractivity (Wildman–Crippen MR) is 89.5 cm³/mol. The van der Waals surface area contributed by atoms with Gasteiger partial charge in [-0.2, -0.15) is 0 Å². The third kappa shape index (κ3) is 2.67. The van der Waals surface area contributed by atoms with Crippen LogP contribution >= 0.6 is 0 Å². The van der Waals surface area contributed by atoms with E-state index in [1.807, 2.05) is 25.1 Å². The first-order valence-corrected chi connectivity index (χ1v) is 7.49. The van der Waals surface area contributed by atoms with Gasteiger partial charge in [0, 0.05) is 23.2 Å². The van der Waals surface area contributed by atoms with Crippen molar-refractivity contribution in [3.63, 3.8) is 0 Å². The van der Waals surface area contributed by atoms with Crippen molar-refractivity contribution in [2.24, 2.45) is 0 Å². The second-order valence-electron chi connectivity index (χ2n) is 5.54. The molecule has 0 fully saturated rings. The van der Waals surface area contributed by atoms with Crippen molar-refractivity contribution in [2.45, 2.75) is 13.5 Å². The van der Waals surface area contributed by atoms with E-state index in [-0.39, 0.29) is 5.43 Å². The van der Waals surface area contributed by atoms with Gasteiger partial charge in [0.25, 0.3) is 0 Å². The van der Waals surface area contributed by atoms with Gasteiger partial charge in [-0.25, -0.2) is 4.68 Å². The SMILES string of the molecule is Cc1cnc(Cn2cc(-c3cc(=O)c4ccccc4[nH]3)nn2)cn1. The molecule has 7 nitrogen and oxygen atoms in total. The van der Waals surface area contributed by atoms with E-state index in [4.69, 9.17) is 0 Å². The molecule has 4 rings (SSSR count). The Balaban J connectivity index is 1.67. The second kappa shape index (κ2) is 5.69. The smallest absolute Gasteiger partial charge is 0.190 e. The van der Waals surface area contributed by atoms with Gasteiger partial charge in [-0.15, -0.1) is 5.10 Å². The molecule has 0 saturated heterocycles. The molecule has 0 atom stereocenters. The normalized spacial score (nSPS) is 11.0. The maximum Gasteiger partial charge on any atom is 0.190 e. The molecule has 0 bridgehead atoms. The molecule has 0 amide bonds. The van der Waals surface area contributed by atoms with Crippen LogP contribution in [-0.2, 0) is 6.54 Å². The van der Waals surface area contributed by atoms with Gasteiger partial charge in [0.2, 0.25) is 0 Å². The van der Waals surface area contributed by atoms with Crippen LogP contribution in [0.2, 0.25) is 0 Å². The number of benzene rings is 1. The van der Waals surface area contributed by atoms with Gasteiger partial charge in [-0.1, -0.05) is 17.3 Å². The highest BCUT2D eigenvalue weighted by atomic mass is 16.1. The van der Waals surface area contributed by atoms with Crippen molar-refractivity contribution in [1.29, 1.82) is 0 Å². The lowest BCUT2D eigenvalue weighted by atomic mass is 10.2. The predicted octanol–water partition coefficient (Wildman–Crippen LogP) is 1.93. The Morgan fingerprint density at radius 3 is 2.88 bits per heavy atom. The number of aryl methyl sites for hydroxylation is 1. The molecule has 24 heavy (non-hydrogen) atoms. The molecule has 1 aromatic carbocycles. The van der Waals surface area contributed by atoms with Crippen LogP contribution in [0.1, 0.15) is 11.4 Å². The summed E-state index contributed by atoms with van der Waals surface area (Å²) in [6.07, 6.45) is 5.21. The molecule has 0 unspecified atom stereocenters. The van der Waals surface area contributed by atoms with Crippen LogP contribution in [0, 0.1) is 6.92 Å². The Labute approximate surface area is 137 Å². The van der Waals surface area contributed by atoms with Gasteiger partial charge in [0.05, 0.1) is 36.0 Å². The minimum Gasteiger partial charge on any atom is -0.353 e. The number of nitrogens with zero attached hydrogens (tertiary/aromatic N) is 5. The van der Waals surface area contributed by atoms with Gasteiger partial charge in [-0.3, -0.25) is 14.8 Å². The molecule has 4 aromatic rings. The van der Waals surface area contributed by atoms with Crippen LogP contribution in [0.4, 0.5) is 0 Å². The van der Waals surface area contributed by atoms with Gasteiger partial charge in [0.15, 0.2) is 5.43 Å². The number of hydrogen-bond donors (Lipinski definition) is 1. The summed E-state index contributed by atoms with van der Waals surface area (Å²) in [6, 6.07) is 8.94. The number of aromatic amines is 1. The quantitative estimate of drug-likeness (QED) is 0.623. The summed E-state index contributed by atoms with van der Waals surface area (Å²) in [5.41, 5.74) is 3.64. The lowest BCUT2D eigenvalue weighted by molar-refractivity contribution is 0.636. The fraction of sp³-hybridized carbons (Fsp3) is 0.118. The number of H-pyrrole nitrogens is 1. The van der Waals surface area contributed by atoms with Crippen molar-refractivity contribution < 1.29 is 0 Å². The highest BCUT2D eigenvalue weighted by Gasteiger charge is 2.08. The minimum atomic E-state index is -0.0432. The summed E-state index contributed by atoms with van der Waals surface area (Å²) in [5, 5.41) is 8.90. The van der Waals surface area contributed by atoms with Crippen molar-refractivity contribution in [3.05, 3.63) is 70.5 Å². The van der Waals surface area contributed by atoms with Gasteiger partial charge in [-0.05, 0) is 19.1 Å². The number of hydrogen-bond acceptors (Lipinski definition) is 5. The van der Waals surface area contributed by atoms with Crippen LogP contribution in [0.5, 0.6) is 0 Å². The van der Waals surface area contributed by atoms with E-state index in [0.717, 1.165) is 16.9 Å². The van der Waals surface area contributed by atoms with Gasteiger partial charge >= 0.3 is 0 Å². The highest BCUT2D eigenvalue weighted by Crippen LogP contribution is 2.15. The van der Waals surface area contributed by atoms with Crippen LogP contribution in [0.25, 0.3) is 22.3 Å². The molecule has 1 N–H and O–H groups in total. The van der Waals surface area contributed by atoms with E-state index in [0.29, 0.717) is 23.3 Å². The summed E-state index contributed by atoms with van der Waals surface area (Å²) < 4.78 is 1.67. The van der Waals surface area contributed by atoms with E-state index in [2.05, 4.69) is 25.3 Å². The van der Waals surface area contributed by atoms with Crippen LogP contribution in [-0.4, -0.2) is 29.9 Å². The Morgan fingerprint density at radius 1 is 1.17 bits per heavy atom. The molecule has 118 valence electrons. The molecule has 0 aliphatic heterocycles. The first kappa shape index (κ1) is 14.3. The fourth-order valence-electron chi connectivity index (χ4n) is 2.50. The molecule has 0 radical (unpaired) electrons. The molecule has 3 aromatic heterocycles. The van der Waals surface area contributed by atoms with Crippen LogP contribution in [0.15, 0.2) is 53.7 Å². The number of rotatable bonds is 3. The van der Waals surface area contributed by atoms with E-state index in [1.165, 1.54) is 0 Å². The van der Waals surface area contributed by atoms with Gasteiger partial charge in [0.1, 0.15) is 5.69 Å². The molecule has 7 heteroatoms. The molecule has 0 spiro atoms. The molecular formula is C17H14N6O. The van der Waals surface area contributed by atoms with Crippen LogP contribution in [0.3, 0.4) is 0 Å². The number of fused-ring (bicyclic) bond motifs is 1. The summed E-state index contributed by atoms with van der Waals surface area (Å²) >= 11 is 0. The molecule has 0 aliphatic carbocycles. The topological polar surface area (TPSA) is 89.4 Å². The maximum atomic E-state index is 12.2. The third-order valence-corrected chi connectivity index (χ3v) is 3.71. The summed E-state index contributed by atoms with van der Waals surface area (Å²) in [6.45, 7) is 2.36. The molecule has 3 heterocycles. The largest absolute Gasteiger partial charge is 0.353 e. The lowest BCUT2D eigenvalue weighted by Crippen LogP contribution is -2.03. The minimum absolute atomic E-state index is 0.0432. The standard InChI is InChI=1S/C17H14N6O/c1-11-7-19-12(8-18-11)9-23-10-16(21-22-23)15-6-17(24)13-4-2-3-5-14(13)20-15/h2-8,10H,9H2,1H3,(H,20,24). The second-order valence-corrected chi connectivity index (χ2v) is 5.54. The number of para-hydroxylation sites is 1. The molecular weight excluding hydrogens is 304 g/mol. The summed E-state index contributed by atoms with van der Waals surface area (Å²) in [7, 11) is 0. The van der Waals surface area contributed by atoms with E-state index in [1.54, 1.807) is 35.4 Å². The van der Waals surface area contributed by atoms with E-state index in [9.17, 15) is 4.79 Å². The third-order valence-electron chi connectivity index (χ3n) is 3.71. The number of aromatic nitrogens is 6. The summed E-state index contributed by atoms with van der Waals surface area (Å²) in [4.78, 5) is 24.0. The average molecular weight is 318 g/mol. The monoisotopic (exact) mass is 318 g/mol. The fourth-order valence-corrected chi connectivity index (χ4v) is 2.50. The van der Waals surface area contributed by atoms with E-state index >= 15 is 0 Å². The first-order chi connectivity index (χ1) is 11.7. The highest BCUT2D eigenvalue weighted by molar-refractivity contribution is 5.80. The number of nitrogens with one attached hydrogen (secondary N) is 1. The van der Waals surface area contributed by atoms with Crippen molar-refractivity contribution >= 4 is 10.9 Å². The zero-order valence-corrected chi connectivity index (χ0v) is 13.0. The molecule has 0 saturated carbocycles. The molecule has 0 aliphatic rings. The first-order valence-electron chi connectivity index (χ1n) is 7.49. The maximum absolute atomic E-state index is 12.2. The van der Waals surface area contributed by atoms with E-state index < -0.39 is 0 Å².